The molecule has 2 aromatic rings. The van der Waals surface area contributed by atoms with Crippen molar-refractivity contribution in [3.63, 3.8) is 0 Å². The Labute approximate surface area is 173 Å². The van der Waals surface area contributed by atoms with E-state index in [4.69, 9.17) is 10.5 Å². The Kier molecular flexibility index (Phi) is 5.51. The van der Waals surface area contributed by atoms with Crippen LogP contribution in [0.5, 0.6) is 5.75 Å². The van der Waals surface area contributed by atoms with Crippen LogP contribution in [0.1, 0.15) is 12.8 Å². The van der Waals surface area contributed by atoms with Crippen LogP contribution >= 0.6 is 0 Å². The second-order valence-corrected chi connectivity index (χ2v) is 7.38. The van der Waals surface area contributed by atoms with Gasteiger partial charge >= 0.3 is 0 Å². The number of nitrogens with one attached hydrogen (secondary N) is 1. The predicted octanol–water partition coefficient (Wildman–Crippen LogP) is 1.15. The normalized spacial score (nSPS) is 18.4. The molecule has 1 atom stereocenters. The fourth-order valence-electron chi connectivity index (χ4n) is 3.74. The Balaban J connectivity index is 1.39. The molecule has 0 aliphatic carbocycles. The highest BCUT2D eigenvalue weighted by molar-refractivity contribution is 6.04. The van der Waals surface area contributed by atoms with E-state index in [2.05, 4.69) is 10.3 Å². The van der Waals surface area contributed by atoms with Crippen LogP contribution < -0.4 is 25.6 Å². The molecule has 3 amide bonds. The van der Waals surface area contributed by atoms with E-state index in [0.717, 1.165) is 25.2 Å². The van der Waals surface area contributed by atoms with Gasteiger partial charge in [0.25, 0.3) is 5.91 Å². The first kappa shape index (κ1) is 19.7. The predicted molar refractivity (Wildman–Crippen MR) is 111 cm³/mol. The van der Waals surface area contributed by atoms with Crippen molar-refractivity contribution in [2.24, 2.45) is 11.7 Å². The second kappa shape index (κ2) is 8.40. The van der Waals surface area contributed by atoms with Gasteiger partial charge in [0.2, 0.25) is 11.8 Å². The molecule has 0 radical (unpaired) electrons. The molecule has 2 aliphatic heterocycles. The van der Waals surface area contributed by atoms with Gasteiger partial charge in [0.15, 0.2) is 6.61 Å². The van der Waals surface area contributed by atoms with Crippen molar-refractivity contribution in [1.29, 1.82) is 0 Å². The second-order valence-electron chi connectivity index (χ2n) is 7.38. The number of carbonyl (C=O) groups is 3. The maximum Gasteiger partial charge on any atom is 0.265 e. The average molecular weight is 409 g/mol. The molecule has 3 N–H and O–H groups in total. The largest absolute Gasteiger partial charge is 0.482 e. The minimum atomic E-state index is -0.332. The molecular formula is C21H23N5O4. The third kappa shape index (κ3) is 4.19. The number of nitrogens with zero attached hydrogens (tertiary/aromatic N) is 3. The summed E-state index contributed by atoms with van der Waals surface area (Å²) in [4.78, 5) is 44.0. The number of anilines is 3. The summed E-state index contributed by atoms with van der Waals surface area (Å²) in [6.07, 6.45) is 3.24. The van der Waals surface area contributed by atoms with Crippen molar-refractivity contribution < 1.29 is 19.1 Å². The Morgan fingerprint density at radius 2 is 2.07 bits per heavy atom. The Morgan fingerprint density at radius 1 is 1.23 bits per heavy atom. The number of rotatable bonds is 5. The number of ether oxygens (including phenoxy) is 1. The van der Waals surface area contributed by atoms with Gasteiger partial charge in [-0.25, -0.2) is 4.98 Å². The number of nitrogens with two attached hydrogens (primary N) is 1. The van der Waals surface area contributed by atoms with Crippen molar-refractivity contribution >= 4 is 34.9 Å². The summed E-state index contributed by atoms with van der Waals surface area (Å²) in [6.45, 7) is 1.14. The molecule has 1 saturated heterocycles. The maximum atomic E-state index is 12.5. The van der Waals surface area contributed by atoms with Gasteiger partial charge in [0, 0.05) is 13.1 Å². The molecule has 9 heteroatoms. The van der Waals surface area contributed by atoms with Crippen molar-refractivity contribution in [2.45, 2.75) is 12.8 Å². The van der Waals surface area contributed by atoms with Crippen LogP contribution in [0.15, 0.2) is 42.6 Å². The lowest BCUT2D eigenvalue weighted by molar-refractivity contribution is -0.123. The van der Waals surface area contributed by atoms with Crippen LogP contribution in [-0.4, -0.2) is 48.9 Å². The molecule has 30 heavy (non-hydrogen) atoms. The third-order valence-electron chi connectivity index (χ3n) is 5.29. The number of carbonyl (C=O) groups excluding carboxylic acids is 3. The topological polar surface area (TPSA) is 118 Å². The van der Waals surface area contributed by atoms with Gasteiger partial charge in [-0.15, -0.1) is 0 Å². The molecule has 0 bridgehead atoms. The van der Waals surface area contributed by atoms with Crippen LogP contribution in [0.4, 0.5) is 17.2 Å². The van der Waals surface area contributed by atoms with Crippen molar-refractivity contribution in [2.75, 3.05) is 41.4 Å². The summed E-state index contributed by atoms with van der Waals surface area (Å²) in [6, 6.07) is 10.7. The number of benzene rings is 1. The lowest BCUT2D eigenvalue weighted by Gasteiger charge is -2.32. The van der Waals surface area contributed by atoms with E-state index < -0.39 is 0 Å². The molecule has 0 saturated carbocycles. The smallest absolute Gasteiger partial charge is 0.265 e. The molecule has 9 nitrogen and oxygen atoms in total. The SMILES string of the molecule is NC(=O)C1CCCN(c2ccc(NC(=O)CN3C(=O)COc4ccccc43)cn2)C1. The minimum Gasteiger partial charge on any atom is -0.482 e. The highest BCUT2D eigenvalue weighted by Crippen LogP contribution is 2.31. The molecule has 2 aliphatic rings. The molecule has 4 rings (SSSR count). The van der Waals surface area contributed by atoms with E-state index in [9.17, 15) is 14.4 Å². The van der Waals surface area contributed by atoms with Gasteiger partial charge in [-0.05, 0) is 37.1 Å². The van der Waals surface area contributed by atoms with E-state index in [0.29, 0.717) is 23.7 Å². The summed E-state index contributed by atoms with van der Waals surface area (Å²) >= 11 is 0. The number of piperidine rings is 1. The van der Waals surface area contributed by atoms with Gasteiger partial charge in [-0.1, -0.05) is 12.1 Å². The monoisotopic (exact) mass is 409 g/mol. The lowest BCUT2D eigenvalue weighted by atomic mass is 9.97. The van der Waals surface area contributed by atoms with Gasteiger partial charge < -0.3 is 20.7 Å². The van der Waals surface area contributed by atoms with Crippen molar-refractivity contribution in [3.05, 3.63) is 42.6 Å². The molecule has 3 heterocycles. The quantitative estimate of drug-likeness (QED) is 0.765. The van der Waals surface area contributed by atoms with Crippen LogP contribution in [0, 0.1) is 5.92 Å². The summed E-state index contributed by atoms with van der Waals surface area (Å²) < 4.78 is 5.39. The summed E-state index contributed by atoms with van der Waals surface area (Å²) in [5, 5.41) is 2.77. The minimum absolute atomic E-state index is 0.0946. The Hall–Kier alpha value is -3.62. The molecular weight excluding hydrogens is 386 g/mol. The maximum absolute atomic E-state index is 12.5. The fourth-order valence-corrected chi connectivity index (χ4v) is 3.74. The molecule has 1 unspecified atom stereocenters. The van der Waals surface area contributed by atoms with Crippen molar-refractivity contribution in [3.8, 4) is 5.75 Å². The number of hydrogen-bond acceptors (Lipinski definition) is 6. The van der Waals surface area contributed by atoms with E-state index in [-0.39, 0.29) is 36.8 Å². The Morgan fingerprint density at radius 3 is 2.83 bits per heavy atom. The van der Waals surface area contributed by atoms with E-state index in [1.165, 1.54) is 4.90 Å². The molecule has 0 spiro atoms. The van der Waals surface area contributed by atoms with E-state index in [1.807, 2.05) is 11.0 Å². The van der Waals surface area contributed by atoms with Crippen LogP contribution in [0.2, 0.25) is 0 Å². The van der Waals surface area contributed by atoms with E-state index in [1.54, 1.807) is 36.5 Å². The van der Waals surface area contributed by atoms with Gasteiger partial charge in [0.1, 0.15) is 18.1 Å². The number of amides is 3. The number of pyridine rings is 1. The zero-order valence-electron chi connectivity index (χ0n) is 16.4. The average Bonchev–Trinajstić information content (AvgIpc) is 2.76. The first-order valence-corrected chi connectivity index (χ1v) is 9.83. The summed E-state index contributed by atoms with van der Waals surface area (Å²) in [7, 11) is 0. The van der Waals surface area contributed by atoms with Crippen LogP contribution in [-0.2, 0) is 14.4 Å². The number of para-hydroxylation sites is 2. The van der Waals surface area contributed by atoms with Crippen LogP contribution in [0.25, 0.3) is 0 Å². The third-order valence-corrected chi connectivity index (χ3v) is 5.29. The summed E-state index contributed by atoms with van der Waals surface area (Å²) in [5.74, 6) is 0.243. The van der Waals surface area contributed by atoms with Crippen molar-refractivity contribution in [1.82, 2.24) is 4.98 Å². The van der Waals surface area contributed by atoms with E-state index >= 15 is 0 Å². The highest BCUT2D eigenvalue weighted by atomic mass is 16.5. The number of aromatic nitrogens is 1. The highest BCUT2D eigenvalue weighted by Gasteiger charge is 2.27. The zero-order valence-corrected chi connectivity index (χ0v) is 16.4. The number of primary amides is 1. The lowest BCUT2D eigenvalue weighted by Crippen LogP contribution is -2.43. The standard InChI is InChI=1S/C21H23N5O4/c22-21(29)14-4-3-9-25(11-14)18-8-7-15(10-23-18)24-19(27)12-26-16-5-1-2-6-17(16)30-13-20(26)28/h1-2,5-8,10,14H,3-4,9,11-13H2,(H2,22,29)(H,24,27). The molecule has 156 valence electrons. The van der Waals surface area contributed by atoms with Crippen LogP contribution in [0.3, 0.4) is 0 Å². The molecule has 1 aromatic carbocycles. The first-order chi connectivity index (χ1) is 14.5. The molecule has 1 fully saturated rings. The number of hydrogen-bond donors (Lipinski definition) is 2. The summed E-state index contributed by atoms with van der Waals surface area (Å²) in [5.41, 5.74) is 6.54. The Bertz CT molecular complexity index is 962. The zero-order chi connectivity index (χ0) is 21.1. The fraction of sp³-hybridized carbons (Fsp3) is 0.333. The molecule has 1 aromatic heterocycles. The van der Waals surface area contributed by atoms with Gasteiger partial charge in [-0.3, -0.25) is 19.3 Å². The van der Waals surface area contributed by atoms with Gasteiger partial charge in [0.05, 0.1) is 23.5 Å². The number of fused-ring (bicyclic) bond motifs is 1. The first-order valence-electron chi connectivity index (χ1n) is 9.83. The van der Waals surface area contributed by atoms with Gasteiger partial charge in [-0.2, -0.15) is 0 Å².